The molecule has 0 unspecified atom stereocenters. The smallest absolute Gasteiger partial charge is 0.251 e. The number of aryl methyl sites for hydroxylation is 1. The van der Waals surface area contributed by atoms with Crippen molar-refractivity contribution in [3.8, 4) is 5.75 Å². The third-order valence-electron chi connectivity index (χ3n) is 2.57. The van der Waals surface area contributed by atoms with Crippen LogP contribution >= 0.6 is 0 Å². The van der Waals surface area contributed by atoms with E-state index in [1.54, 1.807) is 25.1 Å². The lowest BCUT2D eigenvalue weighted by Crippen LogP contribution is -2.11. The van der Waals surface area contributed by atoms with Crippen molar-refractivity contribution >= 4 is 10.9 Å². The fraction of sp³-hybridized carbons (Fsp3) is 0.182. The maximum atomic E-state index is 11.4. The number of H-pyrrole nitrogens is 1. The van der Waals surface area contributed by atoms with Gasteiger partial charge in [-0.3, -0.25) is 4.79 Å². The van der Waals surface area contributed by atoms with Crippen LogP contribution in [0.5, 0.6) is 5.75 Å². The number of hydrogen-bond donors (Lipinski definition) is 2. The van der Waals surface area contributed by atoms with Gasteiger partial charge in [-0.25, -0.2) is 0 Å². The standard InChI is InChI=1S/C11H11NO2/c1-6-7(2)11(14)12-8-4-3-5-9(13)10(6)8/h3-5,13H,1-2H3,(H,12,14). The summed E-state index contributed by atoms with van der Waals surface area (Å²) in [6.45, 7) is 3.59. The van der Waals surface area contributed by atoms with E-state index in [1.807, 2.05) is 6.92 Å². The highest BCUT2D eigenvalue weighted by atomic mass is 16.3. The average molecular weight is 189 g/mol. The minimum absolute atomic E-state index is 0.0967. The Kier molecular flexibility index (Phi) is 1.81. The number of fused-ring (bicyclic) bond motifs is 1. The molecular formula is C11H11NO2. The Hall–Kier alpha value is -1.77. The van der Waals surface area contributed by atoms with Crippen molar-refractivity contribution in [2.45, 2.75) is 13.8 Å². The fourth-order valence-electron chi connectivity index (χ4n) is 1.61. The van der Waals surface area contributed by atoms with Gasteiger partial charge in [-0.15, -0.1) is 0 Å². The van der Waals surface area contributed by atoms with Crippen LogP contribution in [-0.2, 0) is 0 Å². The Morgan fingerprint density at radius 3 is 2.64 bits per heavy atom. The summed E-state index contributed by atoms with van der Waals surface area (Å²) in [6, 6.07) is 5.11. The summed E-state index contributed by atoms with van der Waals surface area (Å²) in [5.74, 6) is 0.208. The Morgan fingerprint density at radius 1 is 1.21 bits per heavy atom. The lowest BCUT2D eigenvalue weighted by atomic mass is 10.1. The van der Waals surface area contributed by atoms with E-state index < -0.39 is 0 Å². The Labute approximate surface area is 81.0 Å². The number of pyridine rings is 1. The van der Waals surface area contributed by atoms with E-state index in [9.17, 15) is 9.90 Å². The number of hydrogen-bond acceptors (Lipinski definition) is 2. The largest absolute Gasteiger partial charge is 0.507 e. The summed E-state index contributed by atoms with van der Waals surface area (Å²) in [6.07, 6.45) is 0. The van der Waals surface area contributed by atoms with Crippen LogP contribution in [0.3, 0.4) is 0 Å². The van der Waals surface area contributed by atoms with E-state index in [0.717, 1.165) is 10.9 Å². The van der Waals surface area contributed by atoms with Gasteiger partial charge in [-0.05, 0) is 31.5 Å². The molecule has 1 heterocycles. The number of aromatic hydroxyl groups is 1. The predicted octanol–water partition coefficient (Wildman–Crippen LogP) is 1.85. The molecule has 0 fully saturated rings. The summed E-state index contributed by atoms with van der Waals surface area (Å²) in [7, 11) is 0. The van der Waals surface area contributed by atoms with Crippen molar-refractivity contribution in [3.63, 3.8) is 0 Å². The van der Waals surface area contributed by atoms with Crippen LogP contribution in [-0.4, -0.2) is 10.1 Å². The maximum absolute atomic E-state index is 11.4. The molecule has 0 aliphatic carbocycles. The number of phenolic OH excluding ortho intramolecular Hbond substituents is 1. The van der Waals surface area contributed by atoms with Crippen LogP contribution in [0.2, 0.25) is 0 Å². The lowest BCUT2D eigenvalue weighted by Gasteiger charge is -2.06. The molecule has 0 saturated carbocycles. The summed E-state index contributed by atoms with van der Waals surface area (Å²) < 4.78 is 0. The van der Waals surface area contributed by atoms with Gasteiger partial charge in [0.2, 0.25) is 0 Å². The van der Waals surface area contributed by atoms with Crippen molar-refractivity contribution in [2.75, 3.05) is 0 Å². The van der Waals surface area contributed by atoms with Gasteiger partial charge in [0.25, 0.3) is 5.56 Å². The first-order valence-corrected chi connectivity index (χ1v) is 4.42. The van der Waals surface area contributed by atoms with Gasteiger partial charge < -0.3 is 10.1 Å². The molecule has 0 bridgehead atoms. The minimum atomic E-state index is -0.0967. The van der Waals surface area contributed by atoms with E-state index in [1.165, 1.54) is 0 Å². The van der Waals surface area contributed by atoms with Gasteiger partial charge in [0, 0.05) is 10.9 Å². The van der Waals surface area contributed by atoms with E-state index >= 15 is 0 Å². The van der Waals surface area contributed by atoms with Gasteiger partial charge in [0.1, 0.15) is 5.75 Å². The average Bonchev–Trinajstić information content (AvgIpc) is 2.14. The molecule has 0 atom stereocenters. The molecule has 0 saturated heterocycles. The molecule has 0 aliphatic rings. The van der Waals surface area contributed by atoms with Crippen LogP contribution in [0.15, 0.2) is 23.0 Å². The number of aromatic amines is 1. The summed E-state index contributed by atoms with van der Waals surface area (Å²) in [4.78, 5) is 14.2. The summed E-state index contributed by atoms with van der Waals surface area (Å²) in [5.41, 5.74) is 2.07. The van der Waals surface area contributed by atoms with E-state index in [0.29, 0.717) is 11.1 Å². The number of phenols is 1. The molecule has 1 aromatic heterocycles. The molecular weight excluding hydrogens is 178 g/mol. The highest BCUT2D eigenvalue weighted by molar-refractivity contribution is 5.88. The third kappa shape index (κ3) is 1.09. The SMILES string of the molecule is Cc1c(C)c2c(O)cccc2[nH]c1=O. The van der Waals surface area contributed by atoms with Crippen LogP contribution in [0.25, 0.3) is 10.9 Å². The van der Waals surface area contributed by atoms with Crippen LogP contribution in [0, 0.1) is 13.8 Å². The molecule has 72 valence electrons. The molecule has 2 rings (SSSR count). The first-order chi connectivity index (χ1) is 6.61. The molecule has 1 aromatic carbocycles. The first kappa shape index (κ1) is 8.81. The number of rotatable bonds is 0. The van der Waals surface area contributed by atoms with Gasteiger partial charge in [-0.2, -0.15) is 0 Å². The molecule has 0 aliphatic heterocycles. The quantitative estimate of drug-likeness (QED) is 0.664. The molecule has 2 N–H and O–H groups in total. The molecule has 0 spiro atoms. The van der Waals surface area contributed by atoms with E-state index in [4.69, 9.17) is 0 Å². The van der Waals surface area contributed by atoms with Crippen molar-refractivity contribution in [1.82, 2.24) is 4.98 Å². The topological polar surface area (TPSA) is 53.1 Å². The van der Waals surface area contributed by atoms with Crippen molar-refractivity contribution < 1.29 is 5.11 Å². The third-order valence-corrected chi connectivity index (χ3v) is 2.57. The molecule has 0 amide bonds. The Bertz CT molecular complexity index is 555. The van der Waals surface area contributed by atoms with Gasteiger partial charge >= 0.3 is 0 Å². The minimum Gasteiger partial charge on any atom is -0.507 e. The van der Waals surface area contributed by atoms with Crippen LogP contribution < -0.4 is 5.56 Å². The second-order valence-electron chi connectivity index (χ2n) is 3.40. The predicted molar refractivity (Wildman–Crippen MR) is 55.7 cm³/mol. The number of benzene rings is 1. The second kappa shape index (κ2) is 2.87. The monoisotopic (exact) mass is 189 g/mol. The number of aromatic nitrogens is 1. The normalized spacial score (nSPS) is 10.7. The zero-order valence-electron chi connectivity index (χ0n) is 8.09. The van der Waals surface area contributed by atoms with Gasteiger partial charge in [0.15, 0.2) is 0 Å². The van der Waals surface area contributed by atoms with Gasteiger partial charge in [-0.1, -0.05) is 6.07 Å². The first-order valence-electron chi connectivity index (χ1n) is 4.42. The van der Waals surface area contributed by atoms with Gasteiger partial charge in [0.05, 0.1) is 5.52 Å². The highest BCUT2D eigenvalue weighted by Gasteiger charge is 2.07. The maximum Gasteiger partial charge on any atom is 0.251 e. The zero-order chi connectivity index (χ0) is 10.3. The van der Waals surface area contributed by atoms with Crippen molar-refractivity contribution in [1.29, 1.82) is 0 Å². The molecule has 14 heavy (non-hydrogen) atoms. The second-order valence-corrected chi connectivity index (χ2v) is 3.40. The summed E-state index contributed by atoms with van der Waals surface area (Å²) >= 11 is 0. The molecule has 3 nitrogen and oxygen atoms in total. The van der Waals surface area contributed by atoms with E-state index in [-0.39, 0.29) is 11.3 Å². The Balaban J connectivity index is 3.07. The van der Waals surface area contributed by atoms with Crippen molar-refractivity contribution in [2.24, 2.45) is 0 Å². The molecule has 3 heteroatoms. The van der Waals surface area contributed by atoms with E-state index in [2.05, 4.69) is 4.98 Å². The summed E-state index contributed by atoms with van der Waals surface area (Å²) in [5, 5.41) is 10.4. The zero-order valence-corrected chi connectivity index (χ0v) is 8.09. The van der Waals surface area contributed by atoms with Crippen LogP contribution in [0.4, 0.5) is 0 Å². The Morgan fingerprint density at radius 2 is 1.93 bits per heavy atom. The molecule has 0 radical (unpaired) electrons. The fourth-order valence-corrected chi connectivity index (χ4v) is 1.61. The highest BCUT2D eigenvalue weighted by Crippen LogP contribution is 2.26. The van der Waals surface area contributed by atoms with Crippen molar-refractivity contribution in [3.05, 3.63) is 39.7 Å². The van der Waals surface area contributed by atoms with Crippen LogP contribution in [0.1, 0.15) is 11.1 Å². The lowest BCUT2D eigenvalue weighted by molar-refractivity contribution is 0.481. The number of nitrogens with one attached hydrogen (secondary N) is 1. The molecule has 2 aromatic rings.